The van der Waals surface area contributed by atoms with Crippen molar-refractivity contribution >= 4 is 29.4 Å². The third-order valence-electron chi connectivity index (χ3n) is 4.90. The van der Waals surface area contributed by atoms with E-state index in [2.05, 4.69) is 10.7 Å². The van der Waals surface area contributed by atoms with E-state index < -0.39 is 23.4 Å². The van der Waals surface area contributed by atoms with Crippen LogP contribution in [0.4, 0.5) is 4.79 Å². The number of hydrogen-bond acceptors (Lipinski definition) is 4. The standard InChI is InChI=1S/C21H23ClN4O3/c1-3-21(16-7-5-4-6-8-16)19(28)26(20(29)23-21)24-18(27)14-25(2)13-15-9-11-17(22)12-10-15/h4-12H,3,13-14H2,1-2H3,(H,23,29)(H,24,27)/t21-/m0/s1. The van der Waals surface area contributed by atoms with Crippen molar-refractivity contribution in [3.8, 4) is 0 Å². The monoisotopic (exact) mass is 414 g/mol. The van der Waals surface area contributed by atoms with Crippen LogP contribution in [0.1, 0.15) is 24.5 Å². The maximum Gasteiger partial charge on any atom is 0.344 e. The van der Waals surface area contributed by atoms with Gasteiger partial charge in [-0.15, -0.1) is 0 Å². The van der Waals surface area contributed by atoms with E-state index in [1.54, 1.807) is 48.3 Å². The minimum atomic E-state index is -1.18. The Bertz CT molecular complexity index is 904. The molecule has 1 atom stereocenters. The lowest BCUT2D eigenvalue weighted by Gasteiger charge is -2.25. The number of nitrogens with zero attached hydrogens (tertiary/aromatic N) is 2. The molecular formula is C21H23ClN4O3. The molecule has 0 radical (unpaired) electrons. The molecule has 1 aliphatic rings. The van der Waals surface area contributed by atoms with Crippen LogP contribution in [0.3, 0.4) is 0 Å². The van der Waals surface area contributed by atoms with E-state index in [-0.39, 0.29) is 6.54 Å². The Kier molecular flexibility index (Phi) is 6.20. The minimum Gasteiger partial charge on any atom is -0.318 e. The Morgan fingerprint density at radius 1 is 1.14 bits per heavy atom. The molecule has 2 aromatic rings. The fourth-order valence-corrected chi connectivity index (χ4v) is 3.53. The fraction of sp³-hybridized carbons (Fsp3) is 0.286. The number of nitrogens with one attached hydrogen (secondary N) is 2. The normalized spacial score (nSPS) is 18.8. The molecule has 4 amide bonds. The number of hydrazine groups is 1. The van der Waals surface area contributed by atoms with Crippen LogP contribution in [0.15, 0.2) is 54.6 Å². The molecule has 7 nitrogen and oxygen atoms in total. The second-order valence-electron chi connectivity index (χ2n) is 7.03. The van der Waals surface area contributed by atoms with Gasteiger partial charge >= 0.3 is 6.03 Å². The highest BCUT2D eigenvalue weighted by molar-refractivity contribution is 6.30. The molecule has 0 bridgehead atoms. The summed E-state index contributed by atoms with van der Waals surface area (Å²) in [5.41, 5.74) is 2.93. The second kappa shape index (κ2) is 8.63. The molecule has 2 aromatic carbocycles. The predicted molar refractivity (Wildman–Crippen MR) is 110 cm³/mol. The molecule has 29 heavy (non-hydrogen) atoms. The molecular weight excluding hydrogens is 392 g/mol. The largest absolute Gasteiger partial charge is 0.344 e. The van der Waals surface area contributed by atoms with Gasteiger partial charge in [0.25, 0.3) is 11.8 Å². The number of benzene rings is 2. The third kappa shape index (κ3) is 4.41. The second-order valence-corrected chi connectivity index (χ2v) is 7.47. The van der Waals surface area contributed by atoms with Crippen molar-refractivity contribution in [2.24, 2.45) is 0 Å². The molecule has 152 valence electrons. The highest BCUT2D eigenvalue weighted by atomic mass is 35.5. The Balaban J connectivity index is 1.65. The topological polar surface area (TPSA) is 81.8 Å². The van der Waals surface area contributed by atoms with Gasteiger partial charge in [-0.3, -0.25) is 19.9 Å². The van der Waals surface area contributed by atoms with Crippen LogP contribution in [-0.2, 0) is 21.7 Å². The van der Waals surface area contributed by atoms with Gasteiger partial charge in [0.2, 0.25) is 0 Å². The van der Waals surface area contributed by atoms with Crippen LogP contribution in [-0.4, -0.2) is 41.3 Å². The van der Waals surface area contributed by atoms with E-state index in [0.717, 1.165) is 10.6 Å². The van der Waals surface area contributed by atoms with E-state index in [1.807, 2.05) is 25.1 Å². The molecule has 0 unspecified atom stereocenters. The number of rotatable bonds is 7. The third-order valence-corrected chi connectivity index (χ3v) is 5.16. The van der Waals surface area contributed by atoms with E-state index in [1.165, 1.54) is 0 Å². The van der Waals surface area contributed by atoms with Crippen molar-refractivity contribution in [2.75, 3.05) is 13.6 Å². The van der Waals surface area contributed by atoms with Crippen molar-refractivity contribution in [3.63, 3.8) is 0 Å². The van der Waals surface area contributed by atoms with Crippen LogP contribution in [0.5, 0.6) is 0 Å². The van der Waals surface area contributed by atoms with Gasteiger partial charge in [-0.25, -0.2) is 4.79 Å². The average Bonchev–Trinajstić information content (AvgIpc) is 2.95. The molecule has 0 spiro atoms. The number of amides is 4. The molecule has 1 heterocycles. The molecule has 2 N–H and O–H groups in total. The molecule has 0 aliphatic carbocycles. The predicted octanol–water partition coefficient (Wildman–Crippen LogP) is 2.66. The van der Waals surface area contributed by atoms with Crippen molar-refractivity contribution in [1.82, 2.24) is 20.7 Å². The van der Waals surface area contributed by atoms with Gasteiger partial charge in [0, 0.05) is 11.6 Å². The molecule has 3 rings (SSSR count). The molecule has 0 aromatic heterocycles. The first-order valence-corrected chi connectivity index (χ1v) is 9.68. The Morgan fingerprint density at radius 3 is 2.41 bits per heavy atom. The van der Waals surface area contributed by atoms with Gasteiger partial charge < -0.3 is 5.32 Å². The zero-order valence-corrected chi connectivity index (χ0v) is 17.1. The van der Waals surface area contributed by atoms with Crippen molar-refractivity contribution in [1.29, 1.82) is 0 Å². The number of hydrogen-bond donors (Lipinski definition) is 2. The summed E-state index contributed by atoms with van der Waals surface area (Å²) in [5, 5.41) is 4.15. The number of likely N-dealkylation sites (N-methyl/N-ethyl adjacent to an activating group) is 1. The van der Waals surface area contributed by atoms with Crippen LogP contribution in [0.25, 0.3) is 0 Å². The van der Waals surface area contributed by atoms with Gasteiger partial charge in [0.1, 0.15) is 5.54 Å². The summed E-state index contributed by atoms with van der Waals surface area (Å²) in [7, 11) is 1.78. The van der Waals surface area contributed by atoms with Crippen LogP contribution >= 0.6 is 11.6 Å². The maximum absolute atomic E-state index is 13.0. The van der Waals surface area contributed by atoms with Crippen molar-refractivity contribution in [2.45, 2.75) is 25.4 Å². The number of imide groups is 1. The smallest absolute Gasteiger partial charge is 0.318 e. The van der Waals surface area contributed by atoms with Crippen LogP contribution in [0.2, 0.25) is 5.02 Å². The summed E-state index contributed by atoms with van der Waals surface area (Å²) in [5.74, 6) is -0.949. The Morgan fingerprint density at radius 2 is 1.79 bits per heavy atom. The highest BCUT2D eigenvalue weighted by Gasteiger charge is 2.52. The van der Waals surface area contributed by atoms with Crippen LogP contribution < -0.4 is 10.7 Å². The van der Waals surface area contributed by atoms with Gasteiger partial charge in [0.15, 0.2) is 0 Å². The molecule has 0 saturated carbocycles. The van der Waals surface area contributed by atoms with Crippen molar-refractivity contribution in [3.05, 3.63) is 70.7 Å². The lowest BCUT2D eigenvalue weighted by atomic mass is 9.87. The number of urea groups is 1. The Hall–Kier alpha value is -2.90. The summed E-state index contributed by atoms with van der Waals surface area (Å²) in [6.07, 6.45) is 0.366. The average molecular weight is 415 g/mol. The number of carbonyl (C=O) groups is 3. The van der Waals surface area contributed by atoms with Gasteiger partial charge in [0.05, 0.1) is 6.54 Å². The summed E-state index contributed by atoms with van der Waals surface area (Å²) < 4.78 is 0. The van der Waals surface area contributed by atoms with Gasteiger partial charge in [-0.05, 0) is 36.7 Å². The number of halogens is 1. The molecule has 1 aliphatic heterocycles. The highest BCUT2D eigenvalue weighted by Crippen LogP contribution is 2.31. The van der Waals surface area contributed by atoms with E-state index in [4.69, 9.17) is 11.6 Å². The summed E-state index contributed by atoms with van der Waals surface area (Å²) in [6, 6.07) is 15.7. The minimum absolute atomic E-state index is 0.0180. The maximum atomic E-state index is 13.0. The molecule has 1 fully saturated rings. The summed E-state index contributed by atoms with van der Waals surface area (Å²) in [6.45, 7) is 2.36. The van der Waals surface area contributed by atoms with E-state index >= 15 is 0 Å². The van der Waals surface area contributed by atoms with Crippen molar-refractivity contribution < 1.29 is 14.4 Å². The van der Waals surface area contributed by atoms with E-state index in [0.29, 0.717) is 23.6 Å². The van der Waals surface area contributed by atoms with E-state index in [9.17, 15) is 14.4 Å². The first kappa shape index (κ1) is 20.8. The summed E-state index contributed by atoms with van der Waals surface area (Å²) >= 11 is 5.88. The van der Waals surface area contributed by atoms with Gasteiger partial charge in [-0.2, -0.15) is 5.01 Å². The quantitative estimate of drug-likeness (QED) is 0.682. The molecule has 1 saturated heterocycles. The Labute approximate surface area is 174 Å². The fourth-order valence-electron chi connectivity index (χ4n) is 3.40. The zero-order valence-electron chi connectivity index (χ0n) is 16.3. The molecule has 8 heteroatoms. The van der Waals surface area contributed by atoms with Crippen LogP contribution in [0, 0.1) is 0 Å². The first-order chi connectivity index (χ1) is 13.9. The SMILES string of the molecule is CC[C@@]1(c2ccccc2)NC(=O)N(NC(=O)CN(C)Cc2ccc(Cl)cc2)C1=O. The first-order valence-electron chi connectivity index (χ1n) is 9.30. The van der Waals surface area contributed by atoms with Gasteiger partial charge in [-0.1, -0.05) is 61.0 Å². The lowest BCUT2D eigenvalue weighted by molar-refractivity contribution is -0.139. The number of carbonyl (C=O) groups excluding carboxylic acids is 3. The zero-order chi connectivity index (χ0) is 21.0. The summed E-state index contributed by atoms with van der Waals surface area (Å²) in [4.78, 5) is 39.7. The lowest BCUT2D eigenvalue weighted by Crippen LogP contribution is -2.50.